The molecule has 0 spiro atoms. The summed E-state index contributed by atoms with van der Waals surface area (Å²) in [7, 11) is 0. The van der Waals surface area contributed by atoms with E-state index in [1.807, 2.05) is 0 Å². The Kier molecular flexibility index (Phi) is 6.15. The van der Waals surface area contributed by atoms with Crippen LogP contribution in [-0.4, -0.2) is 41.7 Å². The fourth-order valence-electron chi connectivity index (χ4n) is 2.63. The molecule has 2 amide bonds. The maximum absolute atomic E-state index is 12.5. The van der Waals surface area contributed by atoms with Gasteiger partial charge < -0.3 is 15.0 Å². The summed E-state index contributed by atoms with van der Waals surface area (Å²) in [5.74, 6) is 2.48. The minimum absolute atomic E-state index is 0.00608. The molecule has 7 nitrogen and oxygen atoms in total. The van der Waals surface area contributed by atoms with E-state index >= 15 is 0 Å². The Hall–Kier alpha value is -2.59. The van der Waals surface area contributed by atoms with E-state index in [4.69, 9.17) is 11.2 Å². The lowest BCUT2D eigenvalue weighted by Crippen LogP contribution is -2.44. The summed E-state index contributed by atoms with van der Waals surface area (Å²) in [6, 6.07) is 5.53. The van der Waals surface area contributed by atoms with E-state index in [1.54, 1.807) is 19.1 Å². The highest BCUT2D eigenvalue weighted by Crippen LogP contribution is 2.19. The first-order chi connectivity index (χ1) is 11.5. The molecule has 7 heteroatoms. The van der Waals surface area contributed by atoms with E-state index in [1.165, 1.54) is 17.0 Å². The van der Waals surface area contributed by atoms with Crippen LogP contribution in [0, 0.1) is 22.5 Å². The SMILES string of the molecule is C#CCN(C[C@@H]1CCCO1)C(=O)N[C@@H](C)c1cccc([N+](=O)[O-])c1. The lowest BCUT2D eigenvalue weighted by molar-refractivity contribution is -0.384. The predicted octanol–water partition coefficient (Wildman–Crippen LogP) is 2.48. The Balaban J connectivity index is 2.01. The van der Waals surface area contributed by atoms with Crippen molar-refractivity contribution in [2.45, 2.75) is 31.9 Å². The number of non-ortho nitro benzene ring substituents is 1. The van der Waals surface area contributed by atoms with Gasteiger partial charge >= 0.3 is 6.03 Å². The molecule has 1 aliphatic rings. The first-order valence-electron chi connectivity index (χ1n) is 7.86. The van der Waals surface area contributed by atoms with Crippen LogP contribution in [0.4, 0.5) is 10.5 Å². The molecule has 1 aromatic rings. The van der Waals surface area contributed by atoms with Crippen LogP contribution in [-0.2, 0) is 4.74 Å². The highest BCUT2D eigenvalue weighted by Gasteiger charge is 2.23. The van der Waals surface area contributed by atoms with E-state index < -0.39 is 4.92 Å². The van der Waals surface area contributed by atoms with Crippen molar-refractivity contribution in [3.63, 3.8) is 0 Å². The maximum atomic E-state index is 12.5. The van der Waals surface area contributed by atoms with Crippen LogP contribution in [0.1, 0.15) is 31.4 Å². The average Bonchev–Trinajstić information content (AvgIpc) is 3.07. The largest absolute Gasteiger partial charge is 0.376 e. The van der Waals surface area contributed by atoms with Gasteiger partial charge in [-0.15, -0.1) is 6.42 Å². The Morgan fingerprint density at radius 2 is 2.42 bits per heavy atom. The molecule has 0 unspecified atom stereocenters. The number of hydrogen-bond acceptors (Lipinski definition) is 4. The van der Waals surface area contributed by atoms with Gasteiger partial charge in [-0.05, 0) is 25.3 Å². The Labute approximate surface area is 141 Å². The molecule has 128 valence electrons. The minimum atomic E-state index is -0.458. The number of ether oxygens (including phenoxy) is 1. The summed E-state index contributed by atoms with van der Waals surface area (Å²) in [6.45, 7) is 3.11. The number of rotatable bonds is 6. The van der Waals surface area contributed by atoms with Gasteiger partial charge in [0.25, 0.3) is 5.69 Å². The van der Waals surface area contributed by atoms with Crippen molar-refractivity contribution >= 4 is 11.7 Å². The molecular formula is C17H21N3O4. The zero-order valence-corrected chi connectivity index (χ0v) is 13.6. The second-order valence-corrected chi connectivity index (χ2v) is 5.74. The summed E-state index contributed by atoms with van der Waals surface area (Å²) in [5, 5.41) is 13.7. The van der Waals surface area contributed by atoms with Gasteiger partial charge in [0.2, 0.25) is 0 Å². The molecule has 0 radical (unpaired) electrons. The van der Waals surface area contributed by atoms with Gasteiger partial charge in [0.05, 0.1) is 23.6 Å². The number of nitrogens with zero attached hydrogens (tertiary/aromatic N) is 2. The number of amides is 2. The number of terminal acetylenes is 1. The number of nitrogens with one attached hydrogen (secondary N) is 1. The van der Waals surface area contributed by atoms with Gasteiger partial charge in [-0.1, -0.05) is 18.1 Å². The molecule has 1 heterocycles. The molecule has 1 N–H and O–H groups in total. The van der Waals surface area contributed by atoms with Gasteiger partial charge in [0.15, 0.2) is 0 Å². The van der Waals surface area contributed by atoms with Crippen LogP contribution in [0.5, 0.6) is 0 Å². The van der Waals surface area contributed by atoms with Crippen molar-refractivity contribution in [1.82, 2.24) is 10.2 Å². The third-order valence-corrected chi connectivity index (χ3v) is 3.94. The molecule has 0 saturated carbocycles. The second kappa shape index (κ2) is 8.31. The summed E-state index contributed by atoms with van der Waals surface area (Å²) in [5.41, 5.74) is 0.656. The number of nitro groups is 1. The molecule has 1 aliphatic heterocycles. The predicted molar refractivity (Wildman–Crippen MR) is 89.4 cm³/mol. The Morgan fingerprint density at radius 1 is 1.62 bits per heavy atom. The van der Waals surface area contributed by atoms with Gasteiger partial charge in [0.1, 0.15) is 0 Å². The lowest BCUT2D eigenvalue weighted by atomic mass is 10.1. The lowest BCUT2D eigenvalue weighted by Gasteiger charge is -2.25. The first-order valence-corrected chi connectivity index (χ1v) is 7.86. The number of benzene rings is 1. The van der Waals surface area contributed by atoms with Crippen molar-refractivity contribution in [3.8, 4) is 12.3 Å². The normalized spacial score (nSPS) is 17.8. The summed E-state index contributed by atoms with van der Waals surface area (Å²) >= 11 is 0. The minimum Gasteiger partial charge on any atom is -0.376 e. The molecule has 1 saturated heterocycles. The van der Waals surface area contributed by atoms with Crippen LogP contribution in [0.3, 0.4) is 0 Å². The molecule has 1 fully saturated rings. The van der Waals surface area contributed by atoms with Crippen molar-refractivity contribution in [2.75, 3.05) is 19.7 Å². The van der Waals surface area contributed by atoms with Crippen LogP contribution in [0.2, 0.25) is 0 Å². The van der Waals surface area contributed by atoms with Crippen LogP contribution in [0.15, 0.2) is 24.3 Å². The van der Waals surface area contributed by atoms with E-state index in [2.05, 4.69) is 11.2 Å². The number of nitro benzene ring substituents is 1. The highest BCUT2D eigenvalue weighted by atomic mass is 16.6. The topological polar surface area (TPSA) is 84.7 Å². The molecule has 2 rings (SSSR count). The standard InChI is InChI=1S/C17H21N3O4/c1-3-9-19(12-16-8-5-10-24-16)17(21)18-13(2)14-6-4-7-15(11-14)20(22)23/h1,4,6-7,11,13,16H,5,8-10,12H2,2H3,(H,18,21)/t13-,16-/m0/s1. The smallest absolute Gasteiger partial charge is 0.318 e. The summed E-state index contributed by atoms with van der Waals surface area (Å²) in [6.07, 6.45) is 7.26. The van der Waals surface area contributed by atoms with Crippen molar-refractivity contribution in [3.05, 3.63) is 39.9 Å². The van der Waals surface area contributed by atoms with Crippen LogP contribution in [0.25, 0.3) is 0 Å². The first kappa shape index (κ1) is 17.8. The zero-order valence-electron chi connectivity index (χ0n) is 13.6. The maximum Gasteiger partial charge on any atom is 0.318 e. The van der Waals surface area contributed by atoms with Crippen LogP contribution < -0.4 is 5.32 Å². The number of carbonyl (C=O) groups excluding carboxylic acids is 1. The van der Waals surface area contributed by atoms with Crippen molar-refractivity contribution < 1.29 is 14.5 Å². The van der Waals surface area contributed by atoms with Crippen molar-refractivity contribution in [2.24, 2.45) is 0 Å². The third kappa shape index (κ3) is 4.70. The Morgan fingerprint density at radius 3 is 3.04 bits per heavy atom. The van der Waals surface area contributed by atoms with Gasteiger partial charge in [-0.2, -0.15) is 0 Å². The van der Waals surface area contributed by atoms with Gasteiger partial charge in [-0.25, -0.2) is 4.79 Å². The zero-order chi connectivity index (χ0) is 17.5. The molecule has 1 aromatic carbocycles. The van der Waals surface area contributed by atoms with Gasteiger partial charge in [-0.3, -0.25) is 10.1 Å². The molecule has 0 bridgehead atoms. The Bertz CT molecular complexity index is 635. The summed E-state index contributed by atoms with van der Waals surface area (Å²) in [4.78, 5) is 24.4. The number of urea groups is 1. The molecule has 2 atom stereocenters. The third-order valence-electron chi connectivity index (χ3n) is 3.94. The number of carbonyl (C=O) groups is 1. The second-order valence-electron chi connectivity index (χ2n) is 5.74. The molecule has 24 heavy (non-hydrogen) atoms. The van der Waals surface area contributed by atoms with E-state index in [0.29, 0.717) is 18.7 Å². The summed E-state index contributed by atoms with van der Waals surface area (Å²) < 4.78 is 5.55. The average molecular weight is 331 g/mol. The monoisotopic (exact) mass is 331 g/mol. The van der Waals surface area contributed by atoms with Gasteiger partial charge in [0, 0.05) is 25.3 Å². The highest BCUT2D eigenvalue weighted by molar-refractivity contribution is 5.75. The van der Waals surface area contributed by atoms with E-state index in [9.17, 15) is 14.9 Å². The van der Waals surface area contributed by atoms with E-state index in [0.717, 1.165) is 12.8 Å². The molecule has 0 aliphatic carbocycles. The fraction of sp³-hybridized carbons (Fsp3) is 0.471. The molecular weight excluding hydrogens is 310 g/mol. The number of hydrogen-bond donors (Lipinski definition) is 1. The van der Waals surface area contributed by atoms with E-state index in [-0.39, 0.29) is 30.4 Å². The fourth-order valence-corrected chi connectivity index (χ4v) is 2.63. The van der Waals surface area contributed by atoms with Crippen molar-refractivity contribution in [1.29, 1.82) is 0 Å². The quantitative estimate of drug-likeness (QED) is 0.493. The van der Waals surface area contributed by atoms with Crippen LogP contribution >= 0.6 is 0 Å². The molecule has 0 aromatic heterocycles.